The van der Waals surface area contributed by atoms with E-state index in [9.17, 15) is 8.78 Å². The first kappa shape index (κ1) is 12.4. The largest absolute Gasteiger partial charge is 0.327 e. The van der Waals surface area contributed by atoms with E-state index in [1.807, 2.05) is 12.1 Å². The topological polar surface area (TPSA) is 38.9 Å². The minimum Gasteiger partial charge on any atom is -0.327 e. The van der Waals surface area contributed by atoms with Gasteiger partial charge in [-0.2, -0.15) is 0 Å². The summed E-state index contributed by atoms with van der Waals surface area (Å²) in [6, 6.07) is 3.84. The average Bonchev–Trinajstić information content (AvgIpc) is 2.30. The van der Waals surface area contributed by atoms with Gasteiger partial charge in [0.15, 0.2) is 0 Å². The third kappa shape index (κ3) is 3.46. The average molecular weight is 240 g/mol. The number of rotatable bonds is 3. The molecule has 1 heterocycles. The highest BCUT2D eigenvalue weighted by Crippen LogP contribution is 2.37. The molecule has 94 valence electrons. The fraction of sp³-hybridized carbons (Fsp3) is 0.615. The lowest BCUT2D eigenvalue weighted by molar-refractivity contribution is -0.0481. The Hall–Kier alpha value is -1.03. The van der Waals surface area contributed by atoms with E-state index in [0.29, 0.717) is 12.8 Å². The van der Waals surface area contributed by atoms with E-state index in [0.717, 1.165) is 12.0 Å². The van der Waals surface area contributed by atoms with Crippen molar-refractivity contribution in [1.82, 2.24) is 4.98 Å². The lowest BCUT2D eigenvalue weighted by Crippen LogP contribution is -2.37. The highest BCUT2D eigenvalue weighted by Gasteiger charge is 2.36. The van der Waals surface area contributed by atoms with Gasteiger partial charge in [0.2, 0.25) is 5.92 Å². The molecule has 0 radical (unpaired) electrons. The Labute approximate surface area is 100 Å². The SMILES string of the molecule is NC(Cc1ccncc1)C1CCC(F)(F)CC1. The van der Waals surface area contributed by atoms with Gasteiger partial charge in [-0.05, 0) is 42.9 Å². The summed E-state index contributed by atoms with van der Waals surface area (Å²) in [7, 11) is 0. The van der Waals surface area contributed by atoms with Crippen LogP contribution in [0.5, 0.6) is 0 Å². The molecule has 2 N–H and O–H groups in total. The first-order chi connectivity index (χ1) is 8.07. The lowest BCUT2D eigenvalue weighted by atomic mass is 9.80. The molecule has 1 aromatic rings. The molecule has 0 bridgehead atoms. The summed E-state index contributed by atoms with van der Waals surface area (Å²) in [6.45, 7) is 0. The number of halogens is 2. The molecule has 1 aromatic heterocycles. The summed E-state index contributed by atoms with van der Waals surface area (Å²) >= 11 is 0. The molecule has 4 heteroatoms. The van der Waals surface area contributed by atoms with Gasteiger partial charge in [0, 0.05) is 31.3 Å². The highest BCUT2D eigenvalue weighted by atomic mass is 19.3. The van der Waals surface area contributed by atoms with E-state index in [-0.39, 0.29) is 24.8 Å². The lowest BCUT2D eigenvalue weighted by Gasteiger charge is -2.32. The molecular formula is C13H18F2N2. The number of pyridine rings is 1. The van der Waals surface area contributed by atoms with E-state index in [1.54, 1.807) is 12.4 Å². The first-order valence-corrected chi connectivity index (χ1v) is 6.09. The Morgan fingerprint density at radius 3 is 2.47 bits per heavy atom. The maximum absolute atomic E-state index is 13.0. The van der Waals surface area contributed by atoms with E-state index in [4.69, 9.17) is 5.73 Å². The summed E-state index contributed by atoms with van der Waals surface area (Å²) in [4.78, 5) is 3.94. The van der Waals surface area contributed by atoms with Crippen LogP contribution >= 0.6 is 0 Å². The zero-order valence-electron chi connectivity index (χ0n) is 9.78. The van der Waals surface area contributed by atoms with Gasteiger partial charge in [0.05, 0.1) is 0 Å². The van der Waals surface area contributed by atoms with Crippen molar-refractivity contribution in [2.45, 2.75) is 44.1 Å². The van der Waals surface area contributed by atoms with Crippen LogP contribution in [0, 0.1) is 5.92 Å². The molecule has 0 spiro atoms. The summed E-state index contributed by atoms with van der Waals surface area (Å²) in [5.41, 5.74) is 7.23. The number of hydrogen-bond acceptors (Lipinski definition) is 2. The van der Waals surface area contributed by atoms with Crippen LogP contribution in [0.3, 0.4) is 0 Å². The third-order valence-electron chi connectivity index (χ3n) is 3.59. The third-order valence-corrected chi connectivity index (χ3v) is 3.59. The van der Waals surface area contributed by atoms with Crippen molar-refractivity contribution in [3.8, 4) is 0 Å². The van der Waals surface area contributed by atoms with Crippen molar-refractivity contribution in [1.29, 1.82) is 0 Å². The summed E-state index contributed by atoms with van der Waals surface area (Å²) in [6.07, 6.45) is 5.27. The molecule has 2 nitrogen and oxygen atoms in total. The van der Waals surface area contributed by atoms with Crippen LogP contribution in [-0.2, 0) is 6.42 Å². The number of aromatic nitrogens is 1. The fourth-order valence-electron chi connectivity index (χ4n) is 2.45. The fourth-order valence-corrected chi connectivity index (χ4v) is 2.45. The number of alkyl halides is 2. The maximum atomic E-state index is 13.0. The predicted molar refractivity (Wildman–Crippen MR) is 62.8 cm³/mol. The molecule has 17 heavy (non-hydrogen) atoms. The van der Waals surface area contributed by atoms with Crippen LogP contribution in [0.25, 0.3) is 0 Å². The molecule has 0 aromatic carbocycles. The molecule has 0 aliphatic heterocycles. The van der Waals surface area contributed by atoms with E-state index in [2.05, 4.69) is 4.98 Å². The first-order valence-electron chi connectivity index (χ1n) is 6.09. The molecule has 1 saturated carbocycles. The van der Waals surface area contributed by atoms with E-state index >= 15 is 0 Å². The molecule has 2 rings (SSSR count). The Morgan fingerprint density at radius 1 is 1.29 bits per heavy atom. The van der Waals surface area contributed by atoms with Gasteiger partial charge in [-0.15, -0.1) is 0 Å². The maximum Gasteiger partial charge on any atom is 0.248 e. The minimum absolute atomic E-state index is 0.0122. The zero-order valence-corrected chi connectivity index (χ0v) is 9.78. The number of nitrogens with zero attached hydrogens (tertiary/aromatic N) is 1. The molecule has 1 fully saturated rings. The highest BCUT2D eigenvalue weighted by molar-refractivity contribution is 5.11. The van der Waals surface area contributed by atoms with Gasteiger partial charge in [-0.25, -0.2) is 8.78 Å². The monoisotopic (exact) mass is 240 g/mol. The molecule has 1 aliphatic carbocycles. The van der Waals surface area contributed by atoms with Crippen LogP contribution < -0.4 is 5.73 Å². The van der Waals surface area contributed by atoms with Crippen LogP contribution in [0.1, 0.15) is 31.2 Å². The standard InChI is InChI=1S/C13H18F2N2/c14-13(15)5-1-11(2-6-13)12(16)9-10-3-7-17-8-4-10/h3-4,7-8,11-12H,1-2,5-6,9,16H2. The van der Waals surface area contributed by atoms with Crippen molar-refractivity contribution in [3.05, 3.63) is 30.1 Å². The molecule has 1 aliphatic rings. The van der Waals surface area contributed by atoms with Gasteiger partial charge in [-0.3, -0.25) is 4.98 Å². The van der Waals surface area contributed by atoms with Crippen LogP contribution in [0.4, 0.5) is 8.78 Å². The number of nitrogens with two attached hydrogens (primary N) is 1. The Bertz CT molecular complexity index is 344. The van der Waals surface area contributed by atoms with Crippen molar-refractivity contribution in [2.24, 2.45) is 11.7 Å². The van der Waals surface area contributed by atoms with Crippen LogP contribution in [-0.4, -0.2) is 16.9 Å². The Kier molecular flexibility index (Phi) is 3.72. The number of hydrogen-bond donors (Lipinski definition) is 1. The second-order valence-corrected chi connectivity index (χ2v) is 4.92. The summed E-state index contributed by atoms with van der Waals surface area (Å²) in [5.74, 6) is -2.24. The zero-order chi connectivity index (χ0) is 12.3. The van der Waals surface area contributed by atoms with Gasteiger partial charge in [-0.1, -0.05) is 0 Å². The molecule has 1 unspecified atom stereocenters. The molecule has 0 saturated heterocycles. The van der Waals surface area contributed by atoms with Crippen molar-refractivity contribution in [3.63, 3.8) is 0 Å². The second kappa shape index (κ2) is 5.08. The van der Waals surface area contributed by atoms with Crippen molar-refractivity contribution >= 4 is 0 Å². The Balaban J connectivity index is 1.87. The molecule has 0 amide bonds. The molecule has 1 atom stereocenters. The quantitative estimate of drug-likeness (QED) is 0.882. The van der Waals surface area contributed by atoms with Crippen molar-refractivity contribution in [2.75, 3.05) is 0 Å². The summed E-state index contributed by atoms with van der Waals surface area (Å²) in [5, 5.41) is 0. The van der Waals surface area contributed by atoms with Gasteiger partial charge in [0.25, 0.3) is 0 Å². The normalized spacial score (nSPS) is 22.3. The van der Waals surface area contributed by atoms with Crippen LogP contribution in [0.2, 0.25) is 0 Å². The van der Waals surface area contributed by atoms with Gasteiger partial charge < -0.3 is 5.73 Å². The van der Waals surface area contributed by atoms with Gasteiger partial charge in [0.1, 0.15) is 0 Å². The van der Waals surface area contributed by atoms with E-state index < -0.39 is 5.92 Å². The van der Waals surface area contributed by atoms with Crippen LogP contribution in [0.15, 0.2) is 24.5 Å². The summed E-state index contributed by atoms with van der Waals surface area (Å²) < 4.78 is 26.0. The smallest absolute Gasteiger partial charge is 0.248 e. The Morgan fingerprint density at radius 2 is 1.88 bits per heavy atom. The second-order valence-electron chi connectivity index (χ2n) is 4.92. The molecular weight excluding hydrogens is 222 g/mol. The van der Waals surface area contributed by atoms with E-state index in [1.165, 1.54) is 0 Å². The van der Waals surface area contributed by atoms with Crippen molar-refractivity contribution < 1.29 is 8.78 Å². The van der Waals surface area contributed by atoms with Gasteiger partial charge >= 0.3 is 0 Å². The predicted octanol–water partition coefficient (Wildman–Crippen LogP) is 2.78. The minimum atomic E-state index is -2.47.